The normalized spacial score (nSPS) is 20.0. The number of carbonyl (C=O) groups excluding carboxylic acids is 3. The second-order valence-corrected chi connectivity index (χ2v) is 6.96. The standard InChI is InChI=1S/C19H15ClFN5O4/c1-30-14-7-6-10(8-11(14)20)26-18(28)16-17(19(26)29)25(24-23-16)9-15(27)22-13-5-3-2-4-12(13)21/h2-8,16-17H,9H2,1H3,(H,22,27)/t16-,17-/m0/s1. The van der Waals surface area contributed by atoms with Crippen molar-refractivity contribution >= 4 is 40.7 Å². The van der Waals surface area contributed by atoms with Gasteiger partial charge in [-0.3, -0.25) is 19.4 Å². The van der Waals surface area contributed by atoms with E-state index in [1.165, 1.54) is 43.5 Å². The second kappa shape index (κ2) is 7.71. The lowest BCUT2D eigenvalue weighted by Crippen LogP contribution is -2.43. The van der Waals surface area contributed by atoms with E-state index >= 15 is 0 Å². The first-order valence-corrected chi connectivity index (χ1v) is 9.21. The van der Waals surface area contributed by atoms with Gasteiger partial charge in [-0.05, 0) is 30.3 Å². The van der Waals surface area contributed by atoms with Gasteiger partial charge in [0.1, 0.15) is 18.1 Å². The molecule has 3 amide bonds. The molecule has 2 aromatic carbocycles. The van der Waals surface area contributed by atoms with Crippen LogP contribution in [0.2, 0.25) is 5.02 Å². The molecule has 0 unspecified atom stereocenters. The van der Waals surface area contributed by atoms with E-state index in [1.54, 1.807) is 6.07 Å². The summed E-state index contributed by atoms with van der Waals surface area (Å²) >= 11 is 6.10. The number of benzene rings is 2. The highest BCUT2D eigenvalue weighted by atomic mass is 35.5. The minimum absolute atomic E-state index is 0.00138. The van der Waals surface area contributed by atoms with Crippen molar-refractivity contribution in [1.29, 1.82) is 0 Å². The zero-order valence-corrected chi connectivity index (χ0v) is 16.3. The highest BCUT2D eigenvalue weighted by molar-refractivity contribution is 6.33. The van der Waals surface area contributed by atoms with Crippen molar-refractivity contribution in [3.63, 3.8) is 0 Å². The number of nitrogens with one attached hydrogen (secondary N) is 1. The minimum Gasteiger partial charge on any atom is -0.495 e. The van der Waals surface area contributed by atoms with E-state index in [0.717, 1.165) is 9.91 Å². The molecule has 30 heavy (non-hydrogen) atoms. The van der Waals surface area contributed by atoms with Crippen molar-refractivity contribution in [2.75, 3.05) is 23.9 Å². The lowest BCUT2D eigenvalue weighted by atomic mass is 10.1. The van der Waals surface area contributed by atoms with Crippen LogP contribution in [0.25, 0.3) is 0 Å². The molecule has 0 radical (unpaired) electrons. The fraction of sp³-hybridized carbons (Fsp3) is 0.211. The fourth-order valence-corrected chi connectivity index (χ4v) is 3.55. The predicted molar refractivity (Wildman–Crippen MR) is 105 cm³/mol. The van der Waals surface area contributed by atoms with Crippen LogP contribution in [0.3, 0.4) is 0 Å². The maximum atomic E-state index is 13.7. The first-order chi connectivity index (χ1) is 14.4. The van der Waals surface area contributed by atoms with Crippen molar-refractivity contribution in [3.8, 4) is 5.75 Å². The highest BCUT2D eigenvalue weighted by Gasteiger charge is 2.55. The SMILES string of the molecule is COc1ccc(N2C(=O)[C@H]3N=NN(CC(=O)Nc4ccccc4F)[C@@H]3C2=O)cc1Cl. The van der Waals surface area contributed by atoms with E-state index in [1.807, 2.05) is 0 Å². The van der Waals surface area contributed by atoms with Crippen LogP contribution < -0.4 is 15.0 Å². The number of anilines is 2. The van der Waals surface area contributed by atoms with Gasteiger partial charge in [0.05, 0.1) is 23.5 Å². The number of imide groups is 1. The zero-order valence-electron chi connectivity index (χ0n) is 15.6. The Kier molecular flexibility index (Phi) is 5.08. The monoisotopic (exact) mass is 431 g/mol. The average molecular weight is 432 g/mol. The van der Waals surface area contributed by atoms with Gasteiger partial charge in [0.25, 0.3) is 11.8 Å². The van der Waals surface area contributed by atoms with Gasteiger partial charge in [-0.25, -0.2) is 9.29 Å². The first-order valence-electron chi connectivity index (χ1n) is 8.84. The molecule has 11 heteroatoms. The molecule has 1 saturated heterocycles. The van der Waals surface area contributed by atoms with Gasteiger partial charge >= 0.3 is 0 Å². The number of fused-ring (bicyclic) bond motifs is 1. The summed E-state index contributed by atoms with van der Waals surface area (Å²) in [6, 6.07) is 8.03. The Balaban J connectivity index is 1.51. The molecule has 9 nitrogen and oxygen atoms in total. The average Bonchev–Trinajstić information content (AvgIpc) is 3.23. The van der Waals surface area contributed by atoms with Crippen molar-refractivity contribution < 1.29 is 23.5 Å². The minimum atomic E-state index is -1.07. The second-order valence-electron chi connectivity index (χ2n) is 6.55. The molecule has 154 valence electrons. The molecule has 0 saturated carbocycles. The number of hydrogen-bond acceptors (Lipinski definition) is 7. The quantitative estimate of drug-likeness (QED) is 0.732. The Bertz CT molecular complexity index is 1080. The molecular weight excluding hydrogens is 417 g/mol. The van der Waals surface area contributed by atoms with E-state index in [-0.39, 0.29) is 22.9 Å². The van der Waals surface area contributed by atoms with E-state index in [2.05, 4.69) is 15.7 Å². The topological polar surface area (TPSA) is 104 Å². The maximum Gasteiger partial charge on any atom is 0.263 e. The molecule has 0 spiro atoms. The lowest BCUT2D eigenvalue weighted by Gasteiger charge is -2.20. The molecule has 0 aromatic heterocycles. The van der Waals surface area contributed by atoms with E-state index in [0.29, 0.717) is 5.75 Å². The summed E-state index contributed by atoms with van der Waals surface area (Å²) in [5, 5.41) is 11.4. The molecule has 1 fully saturated rings. The molecule has 1 N–H and O–H groups in total. The Morgan fingerprint density at radius 3 is 2.70 bits per heavy atom. The maximum absolute atomic E-state index is 13.7. The summed E-state index contributed by atoms with van der Waals surface area (Å²) in [7, 11) is 1.45. The molecule has 2 aliphatic heterocycles. The third kappa shape index (κ3) is 3.35. The number of nitrogens with zero attached hydrogens (tertiary/aromatic N) is 4. The van der Waals surface area contributed by atoms with Crippen LogP contribution in [-0.4, -0.2) is 48.5 Å². The van der Waals surface area contributed by atoms with Crippen LogP contribution in [-0.2, 0) is 14.4 Å². The number of rotatable bonds is 5. The van der Waals surface area contributed by atoms with Crippen molar-refractivity contribution in [2.45, 2.75) is 12.1 Å². The Labute approximate surface area is 175 Å². The number of methoxy groups -OCH3 is 1. The van der Waals surface area contributed by atoms with E-state index in [4.69, 9.17) is 16.3 Å². The fourth-order valence-electron chi connectivity index (χ4n) is 3.30. The van der Waals surface area contributed by atoms with Crippen LogP contribution in [0.5, 0.6) is 5.75 Å². The summed E-state index contributed by atoms with van der Waals surface area (Å²) < 4.78 is 18.8. The van der Waals surface area contributed by atoms with Crippen LogP contribution in [0.15, 0.2) is 52.8 Å². The third-order valence-corrected chi connectivity index (χ3v) is 5.00. The van der Waals surface area contributed by atoms with Crippen molar-refractivity contribution in [1.82, 2.24) is 5.01 Å². The molecule has 2 aliphatic rings. The van der Waals surface area contributed by atoms with Crippen molar-refractivity contribution in [3.05, 3.63) is 53.3 Å². The Hall–Kier alpha value is -3.53. The van der Waals surface area contributed by atoms with Crippen LogP contribution in [0, 0.1) is 5.82 Å². The van der Waals surface area contributed by atoms with Crippen molar-refractivity contribution in [2.24, 2.45) is 10.3 Å². The van der Waals surface area contributed by atoms with Gasteiger partial charge in [0.15, 0.2) is 12.1 Å². The summed E-state index contributed by atoms with van der Waals surface area (Å²) in [5.74, 6) is -1.97. The Morgan fingerprint density at radius 2 is 2.00 bits per heavy atom. The number of amides is 3. The zero-order chi connectivity index (χ0) is 21.4. The highest BCUT2D eigenvalue weighted by Crippen LogP contribution is 2.35. The van der Waals surface area contributed by atoms with Crippen LogP contribution >= 0.6 is 11.6 Å². The largest absolute Gasteiger partial charge is 0.495 e. The van der Waals surface area contributed by atoms with Gasteiger partial charge in [-0.2, -0.15) is 5.11 Å². The first kappa shape index (κ1) is 19.8. The summed E-state index contributed by atoms with van der Waals surface area (Å²) in [6.45, 7) is -0.380. The van der Waals surface area contributed by atoms with Gasteiger partial charge in [0.2, 0.25) is 5.91 Å². The summed E-state index contributed by atoms with van der Waals surface area (Å²) in [4.78, 5) is 38.9. The number of carbonyl (C=O) groups is 3. The summed E-state index contributed by atoms with van der Waals surface area (Å²) in [5.41, 5.74) is 0.259. The van der Waals surface area contributed by atoms with Crippen LogP contribution in [0.1, 0.15) is 0 Å². The van der Waals surface area contributed by atoms with E-state index in [9.17, 15) is 18.8 Å². The molecular formula is C19H15ClFN5O4. The predicted octanol–water partition coefficient (Wildman–Crippen LogP) is 2.42. The smallest absolute Gasteiger partial charge is 0.263 e. The molecule has 2 atom stereocenters. The number of ether oxygens (including phenoxy) is 1. The molecule has 2 heterocycles. The lowest BCUT2D eigenvalue weighted by molar-refractivity contribution is -0.123. The number of para-hydroxylation sites is 1. The van der Waals surface area contributed by atoms with Gasteiger partial charge < -0.3 is 10.1 Å². The van der Waals surface area contributed by atoms with Crippen LogP contribution in [0.4, 0.5) is 15.8 Å². The number of halogens is 2. The molecule has 2 aromatic rings. The molecule has 0 aliphatic carbocycles. The van der Waals surface area contributed by atoms with Gasteiger partial charge in [0, 0.05) is 0 Å². The third-order valence-electron chi connectivity index (χ3n) is 4.71. The van der Waals surface area contributed by atoms with Gasteiger partial charge in [-0.1, -0.05) is 29.0 Å². The molecule has 0 bridgehead atoms. The number of hydrogen-bond donors (Lipinski definition) is 1. The van der Waals surface area contributed by atoms with Gasteiger partial charge in [-0.15, -0.1) is 0 Å². The van der Waals surface area contributed by atoms with E-state index < -0.39 is 35.6 Å². The Morgan fingerprint density at radius 1 is 1.23 bits per heavy atom. The summed E-state index contributed by atoms with van der Waals surface area (Å²) in [6.07, 6.45) is 0. The molecule has 4 rings (SSSR count).